The van der Waals surface area contributed by atoms with Gasteiger partial charge in [-0.25, -0.2) is 8.78 Å². The fraction of sp³-hybridized carbons (Fsp3) is 0.316. The highest BCUT2D eigenvalue weighted by molar-refractivity contribution is 5.77. The summed E-state index contributed by atoms with van der Waals surface area (Å²) in [5.74, 6) is -0.959. The van der Waals surface area contributed by atoms with Crippen molar-refractivity contribution in [2.75, 3.05) is 20.3 Å². The van der Waals surface area contributed by atoms with E-state index in [0.29, 0.717) is 24.2 Å². The van der Waals surface area contributed by atoms with Crippen molar-refractivity contribution in [3.63, 3.8) is 0 Å². The van der Waals surface area contributed by atoms with Crippen molar-refractivity contribution in [3.05, 3.63) is 53.6 Å². The predicted molar refractivity (Wildman–Crippen MR) is 92.5 cm³/mol. The van der Waals surface area contributed by atoms with Crippen LogP contribution in [0.15, 0.2) is 36.4 Å². The van der Waals surface area contributed by atoms with Crippen LogP contribution in [0.1, 0.15) is 18.9 Å². The molecular weight excluding hydrogens is 344 g/mol. The molecular formula is C19H21F2NO4. The molecule has 0 aliphatic carbocycles. The minimum Gasteiger partial charge on any atom is -0.493 e. The maximum Gasteiger partial charge on any atom is 0.258 e. The molecule has 7 heteroatoms. The number of rotatable bonds is 9. The molecule has 0 spiro atoms. The molecule has 2 rings (SSSR count). The SMILES string of the molecule is CCCOc1ccc(CNC(=O)COc2ccc(F)cc2F)cc1OC. The highest BCUT2D eigenvalue weighted by Gasteiger charge is 2.09. The number of carbonyl (C=O) groups excluding carboxylic acids is 1. The maximum atomic E-state index is 13.4. The Kier molecular flexibility index (Phi) is 7.20. The highest BCUT2D eigenvalue weighted by Crippen LogP contribution is 2.28. The van der Waals surface area contributed by atoms with Crippen LogP contribution in [-0.4, -0.2) is 26.2 Å². The zero-order valence-corrected chi connectivity index (χ0v) is 14.7. The van der Waals surface area contributed by atoms with E-state index in [1.54, 1.807) is 19.2 Å². The summed E-state index contributed by atoms with van der Waals surface area (Å²) >= 11 is 0. The van der Waals surface area contributed by atoms with E-state index in [9.17, 15) is 13.6 Å². The van der Waals surface area contributed by atoms with Gasteiger partial charge < -0.3 is 19.5 Å². The second-order valence-corrected chi connectivity index (χ2v) is 5.47. The Morgan fingerprint density at radius 1 is 1.04 bits per heavy atom. The first-order valence-electron chi connectivity index (χ1n) is 8.17. The van der Waals surface area contributed by atoms with Gasteiger partial charge in [0.15, 0.2) is 29.7 Å². The van der Waals surface area contributed by atoms with Crippen molar-refractivity contribution in [3.8, 4) is 17.2 Å². The summed E-state index contributed by atoms with van der Waals surface area (Å²) in [5, 5.41) is 2.66. The van der Waals surface area contributed by atoms with E-state index in [1.807, 2.05) is 13.0 Å². The normalized spacial score (nSPS) is 10.3. The molecule has 26 heavy (non-hydrogen) atoms. The van der Waals surface area contributed by atoms with Gasteiger partial charge in [0.25, 0.3) is 5.91 Å². The Labute approximate surface area is 150 Å². The lowest BCUT2D eigenvalue weighted by Crippen LogP contribution is -2.28. The molecule has 0 saturated heterocycles. The summed E-state index contributed by atoms with van der Waals surface area (Å²) in [6, 6.07) is 8.25. The van der Waals surface area contributed by atoms with Crippen molar-refractivity contribution in [1.29, 1.82) is 0 Å². The van der Waals surface area contributed by atoms with E-state index in [1.165, 1.54) is 0 Å². The summed E-state index contributed by atoms with van der Waals surface area (Å²) in [4.78, 5) is 11.8. The van der Waals surface area contributed by atoms with Gasteiger partial charge >= 0.3 is 0 Å². The van der Waals surface area contributed by atoms with Crippen molar-refractivity contribution >= 4 is 5.91 Å². The number of hydrogen-bond donors (Lipinski definition) is 1. The average molecular weight is 365 g/mol. The third-order valence-electron chi connectivity index (χ3n) is 3.43. The van der Waals surface area contributed by atoms with Crippen molar-refractivity contribution < 1.29 is 27.8 Å². The first-order chi connectivity index (χ1) is 12.5. The van der Waals surface area contributed by atoms with Gasteiger partial charge in [-0.1, -0.05) is 13.0 Å². The van der Waals surface area contributed by atoms with Gasteiger partial charge in [0.2, 0.25) is 0 Å². The maximum absolute atomic E-state index is 13.4. The van der Waals surface area contributed by atoms with Crippen LogP contribution in [0.25, 0.3) is 0 Å². The predicted octanol–water partition coefficient (Wildman–Crippen LogP) is 3.46. The third kappa shape index (κ3) is 5.61. The lowest BCUT2D eigenvalue weighted by molar-refractivity contribution is -0.123. The standard InChI is InChI=1S/C19H21F2NO4/c1-3-8-25-17-6-4-13(9-18(17)24-2)11-22-19(23)12-26-16-7-5-14(20)10-15(16)21/h4-7,9-10H,3,8,11-12H2,1-2H3,(H,22,23). The summed E-state index contributed by atoms with van der Waals surface area (Å²) in [6.45, 7) is 2.47. The summed E-state index contributed by atoms with van der Waals surface area (Å²) in [6.07, 6.45) is 0.885. The Bertz CT molecular complexity index is 752. The van der Waals surface area contributed by atoms with Crippen LogP contribution < -0.4 is 19.5 Å². The number of amides is 1. The van der Waals surface area contributed by atoms with E-state index < -0.39 is 17.5 Å². The van der Waals surface area contributed by atoms with Gasteiger partial charge in [0.05, 0.1) is 13.7 Å². The molecule has 0 unspecified atom stereocenters. The van der Waals surface area contributed by atoms with E-state index >= 15 is 0 Å². The minimum atomic E-state index is -0.856. The van der Waals surface area contributed by atoms with E-state index in [4.69, 9.17) is 14.2 Å². The lowest BCUT2D eigenvalue weighted by Gasteiger charge is -2.12. The molecule has 1 amide bonds. The largest absolute Gasteiger partial charge is 0.493 e. The summed E-state index contributed by atoms with van der Waals surface area (Å²) in [7, 11) is 1.54. The van der Waals surface area contributed by atoms with Crippen LogP contribution in [0.4, 0.5) is 8.78 Å². The summed E-state index contributed by atoms with van der Waals surface area (Å²) < 4.78 is 42.2. The number of nitrogens with one attached hydrogen (secondary N) is 1. The van der Waals surface area contributed by atoms with Gasteiger partial charge in [-0.2, -0.15) is 0 Å². The zero-order valence-electron chi connectivity index (χ0n) is 14.7. The van der Waals surface area contributed by atoms with Crippen LogP contribution in [0.3, 0.4) is 0 Å². The molecule has 0 saturated carbocycles. The van der Waals surface area contributed by atoms with E-state index in [-0.39, 0.29) is 18.9 Å². The number of ether oxygens (including phenoxy) is 3. The molecule has 0 fully saturated rings. The Morgan fingerprint density at radius 2 is 1.81 bits per heavy atom. The molecule has 0 bridgehead atoms. The fourth-order valence-corrected chi connectivity index (χ4v) is 2.14. The quantitative estimate of drug-likeness (QED) is 0.739. The summed E-state index contributed by atoms with van der Waals surface area (Å²) in [5.41, 5.74) is 0.812. The van der Waals surface area contributed by atoms with Crippen LogP contribution in [0.2, 0.25) is 0 Å². The van der Waals surface area contributed by atoms with Crippen molar-refractivity contribution in [2.24, 2.45) is 0 Å². The molecule has 0 atom stereocenters. The average Bonchev–Trinajstić information content (AvgIpc) is 2.64. The number of carbonyl (C=O) groups is 1. The molecule has 0 aliphatic heterocycles. The van der Waals surface area contributed by atoms with E-state index in [2.05, 4.69) is 5.32 Å². The zero-order chi connectivity index (χ0) is 18.9. The van der Waals surface area contributed by atoms with Gasteiger partial charge in [0.1, 0.15) is 5.82 Å². The Hall–Kier alpha value is -2.83. The van der Waals surface area contributed by atoms with E-state index in [0.717, 1.165) is 24.1 Å². The Balaban J connectivity index is 1.86. The van der Waals surface area contributed by atoms with Gasteiger partial charge in [-0.3, -0.25) is 4.79 Å². The molecule has 0 aliphatic rings. The molecule has 140 valence electrons. The number of halogens is 2. The van der Waals surface area contributed by atoms with Gasteiger partial charge in [0, 0.05) is 12.6 Å². The van der Waals surface area contributed by atoms with Gasteiger partial charge in [-0.15, -0.1) is 0 Å². The van der Waals surface area contributed by atoms with Crippen LogP contribution in [0, 0.1) is 11.6 Å². The van der Waals surface area contributed by atoms with Gasteiger partial charge in [-0.05, 0) is 36.2 Å². The second kappa shape index (κ2) is 9.60. The third-order valence-corrected chi connectivity index (χ3v) is 3.43. The number of methoxy groups -OCH3 is 1. The van der Waals surface area contributed by atoms with Crippen molar-refractivity contribution in [1.82, 2.24) is 5.32 Å². The molecule has 2 aromatic rings. The first-order valence-corrected chi connectivity index (χ1v) is 8.17. The molecule has 1 N–H and O–H groups in total. The number of benzene rings is 2. The molecule has 0 aromatic heterocycles. The van der Waals surface area contributed by atoms with Crippen LogP contribution >= 0.6 is 0 Å². The van der Waals surface area contributed by atoms with Crippen LogP contribution in [0.5, 0.6) is 17.2 Å². The molecule has 0 radical (unpaired) electrons. The number of hydrogen-bond acceptors (Lipinski definition) is 4. The molecule has 0 heterocycles. The fourth-order valence-electron chi connectivity index (χ4n) is 2.14. The smallest absolute Gasteiger partial charge is 0.258 e. The Morgan fingerprint density at radius 3 is 2.50 bits per heavy atom. The first kappa shape index (κ1) is 19.5. The minimum absolute atomic E-state index is 0.180. The van der Waals surface area contributed by atoms with Crippen molar-refractivity contribution in [2.45, 2.75) is 19.9 Å². The molecule has 5 nitrogen and oxygen atoms in total. The lowest BCUT2D eigenvalue weighted by atomic mass is 10.2. The monoisotopic (exact) mass is 365 g/mol. The molecule has 2 aromatic carbocycles. The van der Waals surface area contributed by atoms with Crippen LogP contribution in [-0.2, 0) is 11.3 Å². The second-order valence-electron chi connectivity index (χ2n) is 5.47. The topological polar surface area (TPSA) is 56.8 Å². The highest BCUT2D eigenvalue weighted by atomic mass is 19.1.